The number of phenolic OH excluding ortho intramolecular Hbond substituents is 1. The lowest BCUT2D eigenvalue weighted by Gasteiger charge is -2.14. The van der Waals surface area contributed by atoms with Crippen LogP contribution in [0.5, 0.6) is 5.75 Å². The topological polar surface area (TPSA) is 88.2 Å². The number of nitrogens with zero attached hydrogens (tertiary/aromatic N) is 2. The number of carbonyl (C=O) groups excluding carboxylic acids is 1. The Hall–Kier alpha value is -2.80. The van der Waals surface area contributed by atoms with Crippen molar-refractivity contribution in [2.24, 2.45) is 0 Å². The molecule has 0 aliphatic carbocycles. The monoisotopic (exact) mass is 369 g/mol. The second-order valence-electron chi connectivity index (χ2n) is 5.94. The highest BCUT2D eigenvalue weighted by Gasteiger charge is 2.20. The Morgan fingerprint density at radius 1 is 1.12 bits per heavy atom. The van der Waals surface area contributed by atoms with Crippen molar-refractivity contribution < 1.29 is 14.3 Å². The third-order valence-corrected chi connectivity index (χ3v) is 4.83. The first-order chi connectivity index (χ1) is 12.4. The van der Waals surface area contributed by atoms with Crippen LogP contribution in [0.2, 0.25) is 0 Å². The van der Waals surface area contributed by atoms with E-state index in [-0.39, 0.29) is 11.7 Å². The second-order valence-corrected chi connectivity index (χ2v) is 7.23. The maximum absolute atomic E-state index is 12.5. The molecule has 0 fully saturated rings. The maximum Gasteiger partial charge on any atom is 0.277 e. The first-order valence-electron chi connectivity index (χ1n) is 8.10. The summed E-state index contributed by atoms with van der Waals surface area (Å²) in [6.07, 6.45) is 0. The molecule has 0 saturated carbocycles. The predicted molar refractivity (Wildman–Crippen MR) is 101 cm³/mol. The van der Waals surface area contributed by atoms with Gasteiger partial charge in [0.25, 0.3) is 5.22 Å². The van der Waals surface area contributed by atoms with E-state index in [9.17, 15) is 9.90 Å². The van der Waals surface area contributed by atoms with E-state index in [0.717, 1.165) is 16.8 Å². The number of aromatic hydroxyl groups is 1. The summed E-state index contributed by atoms with van der Waals surface area (Å²) in [7, 11) is 0. The largest absolute Gasteiger partial charge is 0.508 e. The van der Waals surface area contributed by atoms with Crippen molar-refractivity contribution >= 4 is 23.4 Å². The molecular weight excluding hydrogens is 350 g/mol. The number of aromatic nitrogens is 2. The Kier molecular flexibility index (Phi) is 5.27. The Morgan fingerprint density at radius 2 is 1.77 bits per heavy atom. The number of amides is 1. The zero-order valence-electron chi connectivity index (χ0n) is 14.7. The van der Waals surface area contributed by atoms with Crippen molar-refractivity contribution in [2.45, 2.75) is 31.2 Å². The zero-order valence-corrected chi connectivity index (χ0v) is 15.5. The molecule has 3 rings (SSSR count). The van der Waals surface area contributed by atoms with Gasteiger partial charge >= 0.3 is 0 Å². The molecule has 7 heteroatoms. The van der Waals surface area contributed by atoms with Crippen molar-refractivity contribution in [3.05, 3.63) is 53.6 Å². The molecule has 1 unspecified atom stereocenters. The Morgan fingerprint density at radius 3 is 2.42 bits per heavy atom. The van der Waals surface area contributed by atoms with Gasteiger partial charge in [0.05, 0.1) is 5.25 Å². The quantitative estimate of drug-likeness (QED) is 0.656. The average Bonchev–Trinajstić information content (AvgIpc) is 3.07. The van der Waals surface area contributed by atoms with Crippen LogP contribution in [0.15, 0.2) is 52.1 Å². The summed E-state index contributed by atoms with van der Waals surface area (Å²) in [5.41, 5.74) is 3.57. The van der Waals surface area contributed by atoms with Crippen LogP contribution < -0.4 is 5.32 Å². The molecule has 0 aliphatic rings. The molecule has 2 N–H and O–H groups in total. The standard InChI is InChI=1S/C19H19N3O3S/c1-11-5-4-6-12(2)16(11)20-17(24)13(3)26-19-22-21-18(25-19)14-7-9-15(23)10-8-14/h4-10,13,23H,1-3H3,(H,20,24). The van der Waals surface area contributed by atoms with E-state index < -0.39 is 5.25 Å². The number of benzene rings is 2. The number of carbonyl (C=O) groups is 1. The lowest BCUT2D eigenvalue weighted by atomic mass is 10.1. The van der Waals surface area contributed by atoms with Crippen LogP contribution >= 0.6 is 11.8 Å². The Labute approximate surface area is 155 Å². The third kappa shape index (κ3) is 4.05. The molecule has 6 nitrogen and oxygen atoms in total. The van der Waals surface area contributed by atoms with Crippen molar-refractivity contribution in [1.82, 2.24) is 10.2 Å². The number of rotatable bonds is 5. The van der Waals surface area contributed by atoms with Gasteiger partial charge < -0.3 is 14.8 Å². The molecule has 0 bridgehead atoms. The minimum atomic E-state index is -0.401. The first kappa shape index (κ1) is 18.0. The summed E-state index contributed by atoms with van der Waals surface area (Å²) < 4.78 is 5.61. The van der Waals surface area contributed by atoms with Crippen LogP contribution in [0, 0.1) is 13.8 Å². The van der Waals surface area contributed by atoms with E-state index >= 15 is 0 Å². The molecule has 1 aromatic heterocycles. The molecule has 134 valence electrons. The molecule has 3 aromatic rings. The van der Waals surface area contributed by atoms with Gasteiger partial charge in [0.1, 0.15) is 5.75 Å². The molecular formula is C19H19N3O3S. The highest BCUT2D eigenvalue weighted by molar-refractivity contribution is 8.00. The normalized spacial score (nSPS) is 12.0. The number of phenols is 1. The Bertz CT molecular complexity index is 902. The number of hydrogen-bond acceptors (Lipinski definition) is 6. The fraction of sp³-hybridized carbons (Fsp3) is 0.211. The van der Waals surface area contributed by atoms with Gasteiger partial charge in [0, 0.05) is 11.3 Å². The number of hydrogen-bond donors (Lipinski definition) is 2. The van der Waals surface area contributed by atoms with Gasteiger partial charge in [-0.2, -0.15) is 0 Å². The van der Waals surface area contributed by atoms with E-state index in [2.05, 4.69) is 15.5 Å². The highest BCUT2D eigenvalue weighted by atomic mass is 32.2. The third-order valence-electron chi connectivity index (χ3n) is 3.90. The van der Waals surface area contributed by atoms with Crippen LogP contribution in [-0.4, -0.2) is 26.5 Å². The van der Waals surface area contributed by atoms with Gasteiger partial charge in [-0.1, -0.05) is 30.0 Å². The van der Waals surface area contributed by atoms with Gasteiger partial charge in [-0.05, 0) is 56.2 Å². The number of nitrogens with one attached hydrogen (secondary N) is 1. The summed E-state index contributed by atoms with van der Waals surface area (Å²) in [4.78, 5) is 12.5. The van der Waals surface area contributed by atoms with Crippen molar-refractivity contribution in [3.8, 4) is 17.2 Å². The van der Waals surface area contributed by atoms with Gasteiger partial charge in [-0.25, -0.2) is 0 Å². The van der Waals surface area contributed by atoms with E-state index in [0.29, 0.717) is 16.7 Å². The molecule has 0 saturated heterocycles. The smallest absolute Gasteiger partial charge is 0.277 e. The van der Waals surface area contributed by atoms with E-state index in [1.54, 1.807) is 31.2 Å². The molecule has 26 heavy (non-hydrogen) atoms. The summed E-state index contributed by atoms with van der Waals surface area (Å²) >= 11 is 1.20. The zero-order chi connectivity index (χ0) is 18.7. The van der Waals surface area contributed by atoms with Crippen molar-refractivity contribution in [3.63, 3.8) is 0 Å². The molecule has 0 spiro atoms. The van der Waals surface area contributed by atoms with Gasteiger partial charge in [-0.15, -0.1) is 10.2 Å². The minimum absolute atomic E-state index is 0.128. The molecule has 2 aromatic carbocycles. The number of thioether (sulfide) groups is 1. The van der Waals surface area contributed by atoms with Crippen LogP contribution in [-0.2, 0) is 4.79 Å². The van der Waals surface area contributed by atoms with E-state index in [1.165, 1.54) is 11.8 Å². The number of aryl methyl sites for hydroxylation is 2. The predicted octanol–water partition coefficient (Wildman–Crippen LogP) is 4.18. The van der Waals surface area contributed by atoms with Crippen LogP contribution in [0.25, 0.3) is 11.5 Å². The maximum atomic E-state index is 12.5. The van der Waals surface area contributed by atoms with Crippen molar-refractivity contribution in [2.75, 3.05) is 5.32 Å². The first-order valence-corrected chi connectivity index (χ1v) is 8.98. The lowest BCUT2D eigenvalue weighted by Crippen LogP contribution is -2.23. The van der Waals surface area contributed by atoms with Gasteiger partial charge in [0.2, 0.25) is 11.8 Å². The fourth-order valence-electron chi connectivity index (χ4n) is 2.42. The van der Waals surface area contributed by atoms with E-state index in [1.807, 2.05) is 32.0 Å². The minimum Gasteiger partial charge on any atom is -0.508 e. The SMILES string of the molecule is Cc1cccc(C)c1NC(=O)C(C)Sc1nnc(-c2ccc(O)cc2)o1. The summed E-state index contributed by atoms with van der Waals surface area (Å²) in [6.45, 7) is 5.71. The van der Waals surface area contributed by atoms with Gasteiger partial charge in [-0.3, -0.25) is 4.79 Å². The second kappa shape index (κ2) is 7.61. The van der Waals surface area contributed by atoms with E-state index in [4.69, 9.17) is 4.42 Å². The molecule has 0 aliphatic heterocycles. The molecule has 1 heterocycles. The van der Waals surface area contributed by atoms with Crippen LogP contribution in [0.3, 0.4) is 0 Å². The van der Waals surface area contributed by atoms with Gasteiger partial charge in [0.15, 0.2) is 0 Å². The average molecular weight is 369 g/mol. The molecule has 1 atom stereocenters. The molecule has 0 radical (unpaired) electrons. The molecule has 1 amide bonds. The van der Waals surface area contributed by atoms with Crippen molar-refractivity contribution in [1.29, 1.82) is 0 Å². The van der Waals surface area contributed by atoms with Crippen LogP contribution in [0.4, 0.5) is 5.69 Å². The summed E-state index contributed by atoms with van der Waals surface area (Å²) in [5, 5.41) is 20.2. The summed E-state index contributed by atoms with van der Waals surface area (Å²) in [6, 6.07) is 12.4. The highest BCUT2D eigenvalue weighted by Crippen LogP contribution is 2.28. The fourth-order valence-corrected chi connectivity index (χ4v) is 3.10. The number of anilines is 1. The number of para-hydroxylation sites is 1. The Balaban J connectivity index is 1.67. The summed E-state index contributed by atoms with van der Waals surface area (Å²) in [5.74, 6) is 0.381. The van der Waals surface area contributed by atoms with Crippen LogP contribution in [0.1, 0.15) is 18.1 Å². The lowest BCUT2D eigenvalue weighted by molar-refractivity contribution is -0.115.